The molecule has 27 heavy (non-hydrogen) atoms. The van der Waals surface area contributed by atoms with Crippen molar-refractivity contribution in [1.29, 1.82) is 0 Å². The average molecular weight is 371 g/mol. The fraction of sp³-hybridized carbons (Fsp3) is 0.350. The molecule has 2 rings (SSSR count). The molecule has 1 aromatic carbocycles. The Hall–Kier alpha value is -3.09. The number of carbonyl (C=O) groups excluding carboxylic acids is 2. The lowest BCUT2D eigenvalue weighted by atomic mass is 10.0. The van der Waals surface area contributed by atoms with Crippen LogP contribution in [-0.4, -0.2) is 37.1 Å². The maximum atomic E-state index is 12.7. The number of methoxy groups -OCH3 is 2. The van der Waals surface area contributed by atoms with Crippen LogP contribution in [0.3, 0.4) is 0 Å². The molecule has 2 amide bonds. The van der Waals surface area contributed by atoms with Crippen molar-refractivity contribution in [1.82, 2.24) is 15.6 Å². The zero-order valence-electron chi connectivity index (χ0n) is 16.0. The van der Waals surface area contributed by atoms with E-state index in [1.807, 2.05) is 26.0 Å². The van der Waals surface area contributed by atoms with Gasteiger partial charge in [0, 0.05) is 30.6 Å². The number of hydrogen-bond acceptors (Lipinski definition) is 5. The summed E-state index contributed by atoms with van der Waals surface area (Å²) in [5.41, 5.74) is 1.29. The third kappa shape index (κ3) is 5.70. The van der Waals surface area contributed by atoms with E-state index in [0.29, 0.717) is 23.6 Å². The standard InChI is InChI=1S/C20H25N3O4/c1-13(2)18(20(25)22-12-14-5-7-21-8-6-14)23-19(24)15-9-16(26-3)11-17(10-15)27-4/h5-11,13,18H,12H2,1-4H3,(H,22,25)(H,23,24)/t18-/m0/s1. The van der Waals surface area contributed by atoms with Crippen LogP contribution in [0.5, 0.6) is 11.5 Å². The number of carbonyl (C=O) groups is 2. The number of benzene rings is 1. The Balaban J connectivity index is 2.08. The largest absolute Gasteiger partial charge is 0.497 e. The zero-order chi connectivity index (χ0) is 19.8. The Morgan fingerprint density at radius 2 is 1.63 bits per heavy atom. The van der Waals surface area contributed by atoms with Crippen LogP contribution in [0.25, 0.3) is 0 Å². The van der Waals surface area contributed by atoms with E-state index in [2.05, 4.69) is 15.6 Å². The summed E-state index contributed by atoms with van der Waals surface area (Å²) < 4.78 is 10.4. The van der Waals surface area contributed by atoms with Crippen molar-refractivity contribution < 1.29 is 19.1 Å². The zero-order valence-corrected chi connectivity index (χ0v) is 16.0. The van der Waals surface area contributed by atoms with E-state index in [9.17, 15) is 9.59 Å². The minimum Gasteiger partial charge on any atom is -0.497 e. The monoisotopic (exact) mass is 371 g/mol. The highest BCUT2D eigenvalue weighted by Crippen LogP contribution is 2.22. The normalized spacial score (nSPS) is 11.6. The van der Waals surface area contributed by atoms with Crippen LogP contribution in [0.4, 0.5) is 0 Å². The van der Waals surface area contributed by atoms with Gasteiger partial charge in [-0.3, -0.25) is 14.6 Å². The van der Waals surface area contributed by atoms with Crippen molar-refractivity contribution in [2.75, 3.05) is 14.2 Å². The lowest BCUT2D eigenvalue weighted by Crippen LogP contribution is -2.49. The van der Waals surface area contributed by atoms with Crippen LogP contribution in [0.15, 0.2) is 42.7 Å². The van der Waals surface area contributed by atoms with Crippen molar-refractivity contribution in [3.63, 3.8) is 0 Å². The van der Waals surface area contributed by atoms with Gasteiger partial charge in [-0.25, -0.2) is 0 Å². The van der Waals surface area contributed by atoms with Gasteiger partial charge in [0.25, 0.3) is 5.91 Å². The second-order valence-electron chi connectivity index (χ2n) is 6.37. The van der Waals surface area contributed by atoms with Gasteiger partial charge in [0.1, 0.15) is 17.5 Å². The molecule has 0 radical (unpaired) electrons. The van der Waals surface area contributed by atoms with E-state index in [1.165, 1.54) is 14.2 Å². The molecule has 0 saturated heterocycles. The summed E-state index contributed by atoms with van der Waals surface area (Å²) in [7, 11) is 3.03. The molecule has 2 aromatic rings. The third-order valence-corrected chi connectivity index (χ3v) is 4.07. The minimum absolute atomic E-state index is 0.0844. The summed E-state index contributed by atoms with van der Waals surface area (Å²) in [5, 5.41) is 5.65. The molecule has 7 nitrogen and oxygen atoms in total. The van der Waals surface area contributed by atoms with Gasteiger partial charge >= 0.3 is 0 Å². The molecule has 0 saturated carbocycles. The Labute approximate surface area is 159 Å². The molecule has 1 atom stereocenters. The summed E-state index contributed by atoms with van der Waals surface area (Å²) in [5.74, 6) is 0.305. The molecule has 0 spiro atoms. The highest BCUT2D eigenvalue weighted by Gasteiger charge is 2.25. The van der Waals surface area contributed by atoms with Gasteiger partial charge in [0.2, 0.25) is 5.91 Å². The van der Waals surface area contributed by atoms with Crippen LogP contribution in [0.1, 0.15) is 29.8 Å². The first-order valence-corrected chi connectivity index (χ1v) is 8.65. The Kier molecular flexibility index (Phi) is 7.16. The number of nitrogens with one attached hydrogen (secondary N) is 2. The highest BCUT2D eigenvalue weighted by molar-refractivity contribution is 5.98. The smallest absolute Gasteiger partial charge is 0.252 e. The molecule has 7 heteroatoms. The van der Waals surface area contributed by atoms with Crippen molar-refractivity contribution >= 4 is 11.8 Å². The van der Waals surface area contributed by atoms with Crippen molar-refractivity contribution in [2.24, 2.45) is 5.92 Å². The van der Waals surface area contributed by atoms with Crippen LogP contribution < -0.4 is 20.1 Å². The summed E-state index contributed by atoms with van der Waals surface area (Å²) in [4.78, 5) is 29.2. The Morgan fingerprint density at radius 3 is 2.15 bits per heavy atom. The molecular formula is C20H25N3O4. The first-order valence-electron chi connectivity index (χ1n) is 8.65. The Morgan fingerprint density at radius 1 is 1.04 bits per heavy atom. The number of nitrogens with zero attached hydrogens (tertiary/aromatic N) is 1. The molecule has 0 aliphatic carbocycles. The van der Waals surface area contributed by atoms with E-state index < -0.39 is 6.04 Å². The van der Waals surface area contributed by atoms with E-state index in [0.717, 1.165) is 5.56 Å². The highest BCUT2D eigenvalue weighted by atomic mass is 16.5. The summed E-state index contributed by atoms with van der Waals surface area (Å²) in [6.07, 6.45) is 3.33. The fourth-order valence-corrected chi connectivity index (χ4v) is 2.50. The fourth-order valence-electron chi connectivity index (χ4n) is 2.50. The third-order valence-electron chi connectivity index (χ3n) is 4.07. The molecule has 0 unspecified atom stereocenters. The van der Waals surface area contributed by atoms with E-state index in [-0.39, 0.29) is 17.7 Å². The lowest BCUT2D eigenvalue weighted by Gasteiger charge is -2.22. The first kappa shape index (κ1) is 20.2. The predicted octanol–water partition coefficient (Wildman–Crippen LogP) is 2.17. The van der Waals surface area contributed by atoms with Crippen LogP contribution in [-0.2, 0) is 11.3 Å². The van der Waals surface area contributed by atoms with Crippen molar-refractivity contribution in [3.8, 4) is 11.5 Å². The maximum absolute atomic E-state index is 12.7. The molecule has 0 aliphatic rings. The lowest BCUT2D eigenvalue weighted by molar-refractivity contribution is -0.124. The van der Waals surface area contributed by atoms with Gasteiger partial charge in [-0.05, 0) is 35.7 Å². The van der Waals surface area contributed by atoms with Crippen molar-refractivity contribution in [3.05, 3.63) is 53.9 Å². The number of amides is 2. The van der Waals surface area contributed by atoms with Gasteiger partial charge in [-0.2, -0.15) is 0 Å². The van der Waals surface area contributed by atoms with Gasteiger partial charge in [0.15, 0.2) is 0 Å². The minimum atomic E-state index is -0.670. The van der Waals surface area contributed by atoms with Crippen LogP contribution in [0, 0.1) is 5.92 Å². The molecule has 0 aliphatic heterocycles. The average Bonchev–Trinajstić information content (AvgIpc) is 2.70. The topological polar surface area (TPSA) is 89.5 Å². The van der Waals surface area contributed by atoms with Gasteiger partial charge in [0.05, 0.1) is 14.2 Å². The number of hydrogen-bond donors (Lipinski definition) is 2. The summed E-state index contributed by atoms with van der Waals surface area (Å²) in [6.45, 7) is 4.12. The molecule has 0 fully saturated rings. The van der Waals surface area contributed by atoms with E-state index >= 15 is 0 Å². The maximum Gasteiger partial charge on any atom is 0.252 e. The molecule has 0 bridgehead atoms. The quantitative estimate of drug-likeness (QED) is 0.742. The second kappa shape index (κ2) is 9.56. The van der Waals surface area contributed by atoms with Crippen LogP contribution >= 0.6 is 0 Å². The van der Waals surface area contributed by atoms with Crippen molar-refractivity contribution in [2.45, 2.75) is 26.4 Å². The first-order chi connectivity index (χ1) is 12.9. The molecular weight excluding hydrogens is 346 g/mol. The molecule has 144 valence electrons. The van der Waals surface area contributed by atoms with Gasteiger partial charge in [-0.1, -0.05) is 13.8 Å². The molecule has 1 heterocycles. The van der Waals surface area contributed by atoms with Gasteiger partial charge in [-0.15, -0.1) is 0 Å². The SMILES string of the molecule is COc1cc(OC)cc(C(=O)N[C@H](C(=O)NCc2ccncc2)C(C)C)c1. The number of rotatable bonds is 8. The summed E-state index contributed by atoms with van der Waals surface area (Å²) in [6, 6.07) is 7.86. The van der Waals surface area contributed by atoms with E-state index in [4.69, 9.17) is 9.47 Å². The van der Waals surface area contributed by atoms with Crippen LogP contribution in [0.2, 0.25) is 0 Å². The number of pyridine rings is 1. The Bertz CT molecular complexity index is 756. The molecule has 2 N–H and O–H groups in total. The predicted molar refractivity (Wildman–Crippen MR) is 102 cm³/mol. The van der Waals surface area contributed by atoms with Gasteiger partial charge < -0.3 is 20.1 Å². The van der Waals surface area contributed by atoms with E-state index in [1.54, 1.807) is 30.6 Å². The molecule has 1 aromatic heterocycles. The number of ether oxygens (including phenoxy) is 2. The number of aromatic nitrogens is 1. The summed E-state index contributed by atoms with van der Waals surface area (Å²) >= 11 is 0. The second-order valence-corrected chi connectivity index (χ2v) is 6.37.